The van der Waals surface area contributed by atoms with Crippen molar-refractivity contribution in [1.82, 2.24) is 4.72 Å². The van der Waals surface area contributed by atoms with E-state index in [0.717, 1.165) is 12.2 Å². The van der Waals surface area contributed by atoms with Gasteiger partial charge in [0.2, 0.25) is 0 Å². The van der Waals surface area contributed by atoms with Gasteiger partial charge in [-0.05, 0) is 0 Å². The van der Waals surface area contributed by atoms with Crippen LogP contribution in [0.4, 0.5) is 0 Å². The highest BCUT2D eigenvalue weighted by atomic mass is 127. The number of ether oxygens (including phenoxy) is 1. The fourth-order valence-corrected chi connectivity index (χ4v) is 1.06. The summed E-state index contributed by atoms with van der Waals surface area (Å²) in [5, 5.41) is 0. The smallest absolute Gasteiger partial charge is 0.340 e. The third-order valence-corrected chi connectivity index (χ3v) is 2.13. The van der Waals surface area contributed by atoms with Gasteiger partial charge in [0.1, 0.15) is 6.61 Å². The highest BCUT2D eigenvalue weighted by molar-refractivity contribution is 14.1. The van der Waals surface area contributed by atoms with Crippen molar-refractivity contribution >= 4 is 45.9 Å². The van der Waals surface area contributed by atoms with E-state index in [-0.39, 0.29) is 6.61 Å². The Morgan fingerprint density at radius 2 is 2.00 bits per heavy atom. The molecule has 0 spiro atoms. The number of hydrogen-bond acceptors (Lipinski definition) is 5. The molecule has 1 N–H and O–H groups in total. The molecule has 1 atom stereocenters. The molecule has 0 fully saturated rings. The van der Waals surface area contributed by atoms with E-state index in [1.165, 1.54) is 29.3 Å². The summed E-state index contributed by atoms with van der Waals surface area (Å²) < 4.78 is 22.0. The molecule has 0 aromatic carbocycles. The quantitative estimate of drug-likeness (QED) is 0.313. The van der Waals surface area contributed by atoms with Crippen LogP contribution in [0.1, 0.15) is 0 Å². The Kier molecular flexibility index (Phi) is 8.52. The number of rotatable bonds is 6. The normalized spacial score (nSPS) is 12.4. The predicted octanol–water partition coefficient (Wildman–Crippen LogP) is -0.138. The summed E-state index contributed by atoms with van der Waals surface area (Å²) in [6.45, 7) is 0.376. The second-order valence-electron chi connectivity index (χ2n) is 2.25. The first-order chi connectivity index (χ1) is 7.06. The summed E-state index contributed by atoms with van der Waals surface area (Å²) >= 11 is 1.41. The van der Waals surface area contributed by atoms with Crippen molar-refractivity contribution in [3.05, 3.63) is 12.2 Å². The van der Waals surface area contributed by atoms with Crippen LogP contribution in [0.15, 0.2) is 12.2 Å². The Morgan fingerprint density at radius 3 is 2.53 bits per heavy atom. The molecule has 6 nitrogen and oxygen atoms in total. The molecular formula is C7H10INO5S. The van der Waals surface area contributed by atoms with Gasteiger partial charge in [-0.15, -0.1) is 0 Å². The Hall–Kier alpha value is -0.480. The molecule has 8 heteroatoms. The van der Waals surface area contributed by atoms with Crippen LogP contribution in [0.5, 0.6) is 0 Å². The standard InChI is InChI=1S/C7H10INO5S/c1-15(12)9-4-5-13-6(10)2-3-7(11)14-8/h2-3,9H,4-5H2,1H3/b3-2+. The summed E-state index contributed by atoms with van der Waals surface area (Å²) in [5.41, 5.74) is 0. The first-order valence-corrected chi connectivity index (χ1v) is 6.24. The van der Waals surface area contributed by atoms with Crippen LogP contribution in [0.3, 0.4) is 0 Å². The Labute approximate surface area is 104 Å². The van der Waals surface area contributed by atoms with Gasteiger partial charge in [-0.2, -0.15) is 0 Å². The zero-order chi connectivity index (χ0) is 11.7. The molecule has 0 aromatic heterocycles. The highest BCUT2D eigenvalue weighted by Crippen LogP contribution is 1.89. The zero-order valence-electron chi connectivity index (χ0n) is 7.90. The summed E-state index contributed by atoms with van der Waals surface area (Å²) in [6, 6.07) is 0. The summed E-state index contributed by atoms with van der Waals surface area (Å²) in [5.74, 6) is -1.29. The maximum atomic E-state index is 10.9. The van der Waals surface area contributed by atoms with E-state index in [9.17, 15) is 13.8 Å². The molecule has 15 heavy (non-hydrogen) atoms. The molecule has 0 amide bonds. The number of nitrogens with one attached hydrogen (secondary N) is 1. The van der Waals surface area contributed by atoms with Crippen molar-refractivity contribution in [1.29, 1.82) is 0 Å². The maximum Gasteiger partial charge on any atom is 0.340 e. The van der Waals surface area contributed by atoms with Gasteiger partial charge in [0.05, 0.1) is 11.0 Å². The lowest BCUT2D eigenvalue weighted by Gasteiger charge is -2.01. The molecule has 1 unspecified atom stereocenters. The first-order valence-electron chi connectivity index (χ1n) is 3.80. The van der Waals surface area contributed by atoms with Crippen LogP contribution >= 0.6 is 23.0 Å². The predicted molar refractivity (Wildman–Crippen MR) is 62.3 cm³/mol. The van der Waals surface area contributed by atoms with Gasteiger partial charge in [-0.3, -0.25) is 0 Å². The van der Waals surface area contributed by atoms with E-state index in [4.69, 9.17) is 0 Å². The molecule has 0 aliphatic rings. The van der Waals surface area contributed by atoms with E-state index in [1.54, 1.807) is 0 Å². The van der Waals surface area contributed by atoms with Gasteiger partial charge in [-0.1, -0.05) is 0 Å². The molecule has 0 rings (SSSR count). The van der Waals surface area contributed by atoms with E-state index in [1.807, 2.05) is 0 Å². The van der Waals surface area contributed by atoms with Crippen molar-refractivity contribution in [2.24, 2.45) is 0 Å². The Bertz CT molecular complexity index is 281. The largest absolute Gasteiger partial charge is 0.461 e. The molecule has 86 valence electrons. The third kappa shape index (κ3) is 9.82. The number of esters is 1. The van der Waals surface area contributed by atoms with Crippen LogP contribution in [-0.4, -0.2) is 35.6 Å². The fraction of sp³-hybridized carbons (Fsp3) is 0.429. The summed E-state index contributed by atoms with van der Waals surface area (Å²) in [4.78, 5) is 21.4. The fourth-order valence-electron chi connectivity index (χ4n) is 0.547. The molecular weight excluding hydrogens is 337 g/mol. The number of halogens is 1. The second kappa shape index (κ2) is 8.80. The minimum absolute atomic E-state index is 0.0854. The van der Waals surface area contributed by atoms with Gasteiger partial charge in [-0.25, -0.2) is 18.5 Å². The average Bonchev–Trinajstić information content (AvgIpc) is 2.20. The van der Waals surface area contributed by atoms with Crippen LogP contribution in [0.25, 0.3) is 0 Å². The number of hydrogen-bond donors (Lipinski definition) is 1. The van der Waals surface area contributed by atoms with Crippen LogP contribution in [0.2, 0.25) is 0 Å². The van der Waals surface area contributed by atoms with Crippen LogP contribution in [-0.2, 0) is 28.4 Å². The van der Waals surface area contributed by atoms with Crippen molar-refractivity contribution in [2.75, 3.05) is 19.4 Å². The lowest BCUT2D eigenvalue weighted by molar-refractivity contribution is -0.138. The molecule has 0 heterocycles. The highest BCUT2D eigenvalue weighted by Gasteiger charge is 1.99. The lowest BCUT2D eigenvalue weighted by Crippen LogP contribution is -2.22. The summed E-state index contributed by atoms with van der Waals surface area (Å²) in [7, 11) is -1.13. The molecule has 0 saturated heterocycles. The topological polar surface area (TPSA) is 81.7 Å². The van der Waals surface area contributed by atoms with Crippen molar-refractivity contribution in [3.63, 3.8) is 0 Å². The van der Waals surface area contributed by atoms with Crippen LogP contribution < -0.4 is 4.72 Å². The van der Waals surface area contributed by atoms with Gasteiger partial charge in [0, 0.05) is 25.0 Å². The van der Waals surface area contributed by atoms with Gasteiger partial charge in [0.15, 0.2) is 23.0 Å². The zero-order valence-corrected chi connectivity index (χ0v) is 10.9. The minimum Gasteiger partial charge on any atom is -0.461 e. The summed E-state index contributed by atoms with van der Waals surface area (Å²) in [6.07, 6.45) is 3.39. The first kappa shape index (κ1) is 14.5. The number of carbonyl (C=O) groups excluding carboxylic acids is 2. The van der Waals surface area contributed by atoms with E-state index >= 15 is 0 Å². The van der Waals surface area contributed by atoms with Gasteiger partial charge >= 0.3 is 11.9 Å². The average molecular weight is 347 g/mol. The SMILES string of the molecule is CS(=O)NCCOC(=O)/C=C/C(=O)OI. The molecule has 0 bridgehead atoms. The number of carbonyl (C=O) groups is 2. The van der Waals surface area contributed by atoms with E-state index in [0.29, 0.717) is 6.54 Å². The third-order valence-electron chi connectivity index (χ3n) is 1.08. The molecule has 0 aliphatic heterocycles. The Balaban J connectivity index is 3.62. The monoisotopic (exact) mass is 347 g/mol. The van der Waals surface area contributed by atoms with Gasteiger partial charge in [0.25, 0.3) is 0 Å². The van der Waals surface area contributed by atoms with Gasteiger partial charge < -0.3 is 7.80 Å². The van der Waals surface area contributed by atoms with Crippen LogP contribution in [0, 0.1) is 0 Å². The molecule has 0 aliphatic carbocycles. The molecule has 0 radical (unpaired) electrons. The van der Waals surface area contributed by atoms with E-state index < -0.39 is 22.9 Å². The maximum absolute atomic E-state index is 10.9. The van der Waals surface area contributed by atoms with Crippen molar-refractivity contribution in [2.45, 2.75) is 0 Å². The molecule has 0 aromatic rings. The van der Waals surface area contributed by atoms with E-state index in [2.05, 4.69) is 12.5 Å². The van der Waals surface area contributed by atoms with Crippen molar-refractivity contribution in [3.8, 4) is 0 Å². The Morgan fingerprint density at radius 1 is 1.40 bits per heavy atom. The minimum atomic E-state index is -1.13. The van der Waals surface area contributed by atoms with Crippen molar-refractivity contribution < 1.29 is 21.6 Å². The molecule has 0 saturated carbocycles. The second-order valence-corrected chi connectivity index (χ2v) is 3.88. The lowest BCUT2D eigenvalue weighted by atomic mass is 10.5.